The predicted octanol–water partition coefficient (Wildman–Crippen LogP) is -1.14. The second kappa shape index (κ2) is 3.32. The Bertz CT molecular complexity index is 57.0. The first-order valence-corrected chi connectivity index (χ1v) is 1.30. The molecule has 0 aromatic carbocycles. The Morgan fingerprint density at radius 3 is 2.20 bits per heavy atom. The molecule has 0 heterocycles. The van der Waals surface area contributed by atoms with Gasteiger partial charge in [0.25, 0.3) is 0 Å². The largest absolute Gasteiger partial charge is 0.359 e. The molecule has 0 radical (unpaired) electrons. The van der Waals surface area contributed by atoms with Gasteiger partial charge in [0.15, 0.2) is 0 Å². The molecular weight excluding hydrogens is 64.0 g/mol. The Hall–Kier alpha value is -0.680. The number of hydrogen-bond donors (Lipinski definition) is 2. The van der Waals surface area contributed by atoms with Crippen molar-refractivity contribution in [3.8, 4) is 12.0 Å². The summed E-state index contributed by atoms with van der Waals surface area (Å²) < 4.78 is 0. The highest BCUT2D eigenvalue weighted by Crippen LogP contribution is 1.31. The Kier molecular flexibility index (Phi) is 2.87. The van der Waals surface area contributed by atoms with Crippen LogP contribution in [0.3, 0.4) is 0 Å². The standard InChI is InChI=1S/C3H6N2/c4-2-1-3-5/h2,4-5H2. The zero-order valence-electron chi connectivity index (χ0n) is 2.86. The molecule has 0 saturated heterocycles. The zero-order chi connectivity index (χ0) is 4.12. The zero-order valence-corrected chi connectivity index (χ0v) is 2.86. The van der Waals surface area contributed by atoms with Crippen LogP contribution in [0.25, 0.3) is 0 Å². The van der Waals surface area contributed by atoms with E-state index < -0.39 is 0 Å². The van der Waals surface area contributed by atoms with E-state index in [1.807, 2.05) is 0 Å². The van der Waals surface area contributed by atoms with Crippen molar-refractivity contribution in [2.75, 3.05) is 6.54 Å². The fourth-order valence-corrected chi connectivity index (χ4v) is 0.0589. The van der Waals surface area contributed by atoms with E-state index >= 15 is 0 Å². The van der Waals surface area contributed by atoms with Crippen LogP contribution in [0.5, 0.6) is 0 Å². The van der Waals surface area contributed by atoms with Gasteiger partial charge in [-0.25, -0.2) is 0 Å². The maximum atomic E-state index is 4.89. The lowest BCUT2D eigenvalue weighted by atomic mass is 10.7. The number of rotatable bonds is 0. The molecule has 28 valence electrons. The van der Waals surface area contributed by atoms with Crippen molar-refractivity contribution in [2.24, 2.45) is 11.5 Å². The van der Waals surface area contributed by atoms with Crippen LogP contribution in [0.2, 0.25) is 0 Å². The van der Waals surface area contributed by atoms with Crippen LogP contribution >= 0.6 is 0 Å². The van der Waals surface area contributed by atoms with Gasteiger partial charge in [-0.1, -0.05) is 5.92 Å². The van der Waals surface area contributed by atoms with E-state index in [4.69, 9.17) is 11.5 Å². The summed E-state index contributed by atoms with van der Waals surface area (Å²) in [6, 6.07) is 2.14. The molecule has 4 N–H and O–H groups in total. The summed E-state index contributed by atoms with van der Waals surface area (Å²) in [6.07, 6.45) is 0. The molecule has 2 heteroatoms. The predicted molar refractivity (Wildman–Crippen MR) is 21.0 cm³/mol. The van der Waals surface area contributed by atoms with E-state index in [9.17, 15) is 0 Å². The molecule has 0 saturated carbocycles. The van der Waals surface area contributed by atoms with E-state index in [1.54, 1.807) is 0 Å². The summed E-state index contributed by atoms with van der Waals surface area (Å²) in [5, 5.41) is 0. The van der Waals surface area contributed by atoms with Gasteiger partial charge in [-0.3, -0.25) is 0 Å². The Balaban J connectivity index is 2.81. The van der Waals surface area contributed by atoms with Crippen LogP contribution < -0.4 is 11.5 Å². The van der Waals surface area contributed by atoms with Gasteiger partial charge in [0.1, 0.15) is 0 Å². The molecule has 0 bridgehead atoms. The Labute approximate surface area is 31.1 Å². The van der Waals surface area contributed by atoms with Crippen LogP contribution in [0.4, 0.5) is 0 Å². The monoisotopic (exact) mass is 70.1 g/mol. The molecule has 0 aromatic heterocycles. The summed E-state index contributed by atoms with van der Waals surface area (Å²) in [5.41, 5.74) is 9.58. The highest BCUT2D eigenvalue weighted by atomic mass is 14.5. The molecular formula is C3H6N2. The van der Waals surface area contributed by atoms with E-state index in [0.29, 0.717) is 6.54 Å². The summed E-state index contributed by atoms with van der Waals surface area (Å²) in [6.45, 7) is 0.358. The second-order valence-corrected chi connectivity index (χ2v) is 0.525. The molecule has 0 aliphatic heterocycles. The Morgan fingerprint density at radius 1 is 1.60 bits per heavy atom. The Morgan fingerprint density at radius 2 is 2.20 bits per heavy atom. The molecule has 0 amide bonds. The smallest absolute Gasteiger partial charge is 0.0569 e. The topological polar surface area (TPSA) is 52.0 Å². The fourth-order valence-electron chi connectivity index (χ4n) is 0.0589. The van der Waals surface area contributed by atoms with Crippen molar-refractivity contribution in [1.82, 2.24) is 0 Å². The third-order valence-corrected chi connectivity index (χ3v) is 0.204. The maximum Gasteiger partial charge on any atom is 0.0569 e. The molecule has 0 rings (SSSR count). The van der Waals surface area contributed by atoms with Gasteiger partial charge in [0, 0.05) is 6.04 Å². The van der Waals surface area contributed by atoms with Crippen molar-refractivity contribution in [2.45, 2.75) is 0 Å². The van der Waals surface area contributed by atoms with Crippen molar-refractivity contribution >= 4 is 0 Å². The molecule has 0 aliphatic rings. The lowest BCUT2D eigenvalue weighted by Crippen LogP contribution is -1.94. The minimum atomic E-state index is 0.358. The van der Waals surface area contributed by atoms with Crippen LogP contribution in [0.1, 0.15) is 0 Å². The summed E-state index contributed by atoms with van der Waals surface area (Å²) >= 11 is 0. The summed E-state index contributed by atoms with van der Waals surface area (Å²) in [5.74, 6) is 2.42. The highest BCUT2D eigenvalue weighted by Gasteiger charge is 1.47. The molecule has 0 atom stereocenters. The van der Waals surface area contributed by atoms with Crippen molar-refractivity contribution in [1.29, 1.82) is 0 Å². The molecule has 2 nitrogen and oxygen atoms in total. The number of hydrogen-bond acceptors (Lipinski definition) is 2. The van der Waals surface area contributed by atoms with Gasteiger partial charge in [-0.15, -0.1) is 0 Å². The molecule has 0 spiro atoms. The minimum Gasteiger partial charge on any atom is -0.359 e. The van der Waals surface area contributed by atoms with Crippen LogP contribution in [0, 0.1) is 12.0 Å². The van der Waals surface area contributed by atoms with E-state index in [-0.39, 0.29) is 0 Å². The van der Waals surface area contributed by atoms with Gasteiger partial charge in [-0.2, -0.15) is 0 Å². The van der Waals surface area contributed by atoms with E-state index in [0.717, 1.165) is 0 Å². The second-order valence-electron chi connectivity index (χ2n) is 0.525. The normalized spacial score (nSPS) is 5.00. The third-order valence-electron chi connectivity index (χ3n) is 0.204. The molecule has 0 aromatic rings. The molecule has 5 heavy (non-hydrogen) atoms. The third kappa shape index (κ3) is 3.32. The first kappa shape index (κ1) is 4.32. The first-order valence-electron chi connectivity index (χ1n) is 1.30. The maximum absolute atomic E-state index is 4.89. The average Bonchev–Trinajstić information content (AvgIpc) is 1.41. The van der Waals surface area contributed by atoms with Gasteiger partial charge in [0.05, 0.1) is 6.54 Å². The number of nitrogens with two attached hydrogens (primary N) is 2. The summed E-state index contributed by atoms with van der Waals surface area (Å²) in [7, 11) is 0. The molecule has 0 aliphatic carbocycles. The van der Waals surface area contributed by atoms with Crippen LogP contribution in [0.15, 0.2) is 0 Å². The van der Waals surface area contributed by atoms with Gasteiger partial charge in [0.2, 0.25) is 0 Å². The van der Waals surface area contributed by atoms with Crippen molar-refractivity contribution in [3.05, 3.63) is 0 Å². The molecule has 0 fully saturated rings. The van der Waals surface area contributed by atoms with E-state index in [1.165, 1.54) is 0 Å². The quantitative estimate of drug-likeness (QED) is 0.280. The first-order chi connectivity index (χ1) is 2.41. The minimum absolute atomic E-state index is 0.358. The van der Waals surface area contributed by atoms with Gasteiger partial charge in [-0.05, 0) is 0 Å². The van der Waals surface area contributed by atoms with Gasteiger partial charge >= 0.3 is 0 Å². The fraction of sp³-hybridized carbons (Fsp3) is 0.333. The van der Waals surface area contributed by atoms with Crippen molar-refractivity contribution < 1.29 is 0 Å². The molecule has 0 unspecified atom stereocenters. The highest BCUT2D eigenvalue weighted by molar-refractivity contribution is 4.94. The SMILES string of the molecule is NC#CCN. The van der Waals surface area contributed by atoms with E-state index in [2.05, 4.69) is 12.0 Å². The van der Waals surface area contributed by atoms with Crippen molar-refractivity contribution in [3.63, 3.8) is 0 Å². The lowest BCUT2D eigenvalue weighted by molar-refractivity contribution is 1.30. The van der Waals surface area contributed by atoms with Gasteiger partial charge < -0.3 is 11.5 Å². The average molecular weight is 70.1 g/mol. The van der Waals surface area contributed by atoms with Crippen LogP contribution in [-0.2, 0) is 0 Å². The van der Waals surface area contributed by atoms with Crippen LogP contribution in [-0.4, -0.2) is 6.54 Å². The lowest BCUT2D eigenvalue weighted by Gasteiger charge is -1.61. The summed E-state index contributed by atoms with van der Waals surface area (Å²) in [4.78, 5) is 0.